The molecule has 0 bridgehead atoms. The molecule has 2 aromatic carbocycles. The van der Waals surface area contributed by atoms with Crippen LogP contribution in [-0.4, -0.2) is 31.1 Å². The number of halogens is 1. The van der Waals surface area contributed by atoms with Crippen LogP contribution < -0.4 is 15.0 Å². The molecule has 5 rings (SSSR count). The second-order valence-electron chi connectivity index (χ2n) is 7.18. The zero-order valence-electron chi connectivity index (χ0n) is 15.5. The molecule has 2 aliphatic heterocycles. The maximum Gasteiger partial charge on any atom is 0.258 e. The summed E-state index contributed by atoms with van der Waals surface area (Å²) in [7, 11) is 1.67. The van der Waals surface area contributed by atoms with Gasteiger partial charge in [-0.1, -0.05) is 22.0 Å². The van der Waals surface area contributed by atoms with Crippen molar-refractivity contribution >= 4 is 38.4 Å². The number of fused-ring (bicyclic) bond motifs is 6. The Labute approximate surface area is 171 Å². The van der Waals surface area contributed by atoms with Crippen molar-refractivity contribution < 1.29 is 9.53 Å². The van der Waals surface area contributed by atoms with Gasteiger partial charge in [-0.05, 0) is 48.4 Å². The van der Waals surface area contributed by atoms with Gasteiger partial charge in [0.05, 0.1) is 18.5 Å². The van der Waals surface area contributed by atoms with Crippen LogP contribution in [0, 0.1) is 0 Å². The van der Waals surface area contributed by atoms with Gasteiger partial charge in [-0.25, -0.2) is 0 Å². The number of methoxy groups -OCH3 is 1. The monoisotopic (exact) mass is 437 g/mol. The van der Waals surface area contributed by atoms with Crippen molar-refractivity contribution in [3.63, 3.8) is 0 Å². The summed E-state index contributed by atoms with van der Waals surface area (Å²) in [4.78, 5) is 19.1. The fourth-order valence-corrected chi connectivity index (χ4v) is 4.95. The molecular weight excluding hydrogens is 418 g/mol. The molecule has 0 fully saturated rings. The maximum absolute atomic E-state index is 13.8. The third-order valence-corrected chi connectivity index (χ3v) is 6.28. The van der Waals surface area contributed by atoms with Gasteiger partial charge in [0.25, 0.3) is 5.91 Å². The number of carbonyl (C=O) groups excluding carboxylic acids is 1. The summed E-state index contributed by atoms with van der Waals surface area (Å²) in [5, 5.41) is 4.67. The van der Waals surface area contributed by atoms with E-state index in [1.165, 1.54) is 5.56 Å². The summed E-state index contributed by atoms with van der Waals surface area (Å²) in [6, 6.07) is 12.0. The second-order valence-corrected chi connectivity index (χ2v) is 8.10. The minimum Gasteiger partial charge on any atom is -0.497 e. The smallest absolute Gasteiger partial charge is 0.258 e. The Bertz CT molecular complexity index is 1140. The van der Waals surface area contributed by atoms with Crippen LogP contribution in [0.1, 0.15) is 16.8 Å². The van der Waals surface area contributed by atoms with Gasteiger partial charge in [0.2, 0.25) is 0 Å². The SMILES string of the molecule is C=CCN1C(=O)[C@]2(NCCc3c2[nH]c2ccc(OC)cc32)c2cc(Br)ccc21. The first-order valence-corrected chi connectivity index (χ1v) is 10.1. The van der Waals surface area contributed by atoms with Crippen molar-refractivity contribution in [2.24, 2.45) is 0 Å². The number of aromatic nitrogens is 1. The van der Waals surface area contributed by atoms with E-state index in [0.717, 1.165) is 51.0 Å². The average molecular weight is 438 g/mol. The van der Waals surface area contributed by atoms with Crippen LogP contribution >= 0.6 is 15.9 Å². The van der Waals surface area contributed by atoms with Gasteiger partial charge in [-0.2, -0.15) is 0 Å². The second kappa shape index (κ2) is 6.22. The average Bonchev–Trinajstić information content (AvgIpc) is 3.19. The molecule has 2 N–H and O–H groups in total. The Morgan fingerprint density at radius 3 is 2.96 bits per heavy atom. The number of aromatic amines is 1. The van der Waals surface area contributed by atoms with Crippen LogP contribution in [0.15, 0.2) is 53.5 Å². The molecule has 2 aliphatic rings. The summed E-state index contributed by atoms with van der Waals surface area (Å²) < 4.78 is 6.37. The van der Waals surface area contributed by atoms with Gasteiger partial charge < -0.3 is 14.6 Å². The Hall–Kier alpha value is -2.57. The van der Waals surface area contributed by atoms with Crippen LogP contribution in [0.4, 0.5) is 5.69 Å². The van der Waals surface area contributed by atoms with Gasteiger partial charge in [0.1, 0.15) is 5.75 Å². The molecule has 142 valence electrons. The Balaban J connectivity index is 1.81. The van der Waals surface area contributed by atoms with E-state index in [4.69, 9.17) is 4.74 Å². The Kier molecular flexibility index (Phi) is 3.89. The fourth-order valence-electron chi connectivity index (χ4n) is 4.59. The molecule has 1 amide bonds. The fraction of sp³-hybridized carbons (Fsp3) is 0.227. The standard InChI is InChI=1S/C22H20BrN3O2/c1-3-10-26-19-7-4-13(23)11-17(19)22(21(26)27)20-15(8-9-24-22)16-12-14(28-2)5-6-18(16)25-20/h3-7,11-12,24-25H,1,8-10H2,2H3/t22-/m0/s1. The number of nitrogens with zero attached hydrogens (tertiary/aromatic N) is 1. The number of carbonyl (C=O) groups is 1. The molecule has 5 nitrogen and oxygen atoms in total. The molecule has 28 heavy (non-hydrogen) atoms. The summed E-state index contributed by atoms with van der Waals surface area (Å²) in [6.07, 6.45) is 2.62. The van der Waals surface area contributed by atoms with Gasteiger partial charge in [0.15, 0.2) is 5.54 Å². The van der Waals surface area contributed by atoms with E-state index < -0.39 is 5.54 Å². The van der Waals surface area contributed by atoms with E-state index in [1.54, 1.807) is 13.2 Å². The van der Waals surface area contributed by atoms with Crippen LogP contribution in [0.2, 0.25) is 0 Å². The van der Waals surface area contributed by atoms with Crippen molar-refractivity contribution in [1.82, 2.24) is 10.3 Å². The third kappa shape index (κ3) is 2.19. The molecule has 6 heteroatoms. The molecule has 0 aliphatic carbocycles. The number of rotatable bonds is 3. The van der Waals surface area contributed by atoms with Gasteiger partial charge in [-0.3, -0.25) is 10.1 Å². The van der Waals surface area contributed by atoms with Gasteiger partial charge >= 0.3 is 0 Å². The Morgan fingerprint density at radius 2 is 2.18 bits per heavy atom. The first kappa shape index (κ1) is 17.5. The van der Waals surface area contributed by atoms with Crippen molar-refractivity contribution in [2.45, 2.75) is 12.0 Å². The van der Waals surface area contributed by atoms with Crippen molar-refractivity contribution in [3.05, 3.63) is 70.3 Å². The first-order valence-electron chi connectivity index (χ1n) is 9.27. The molecule has 0 unspecified atom stereocenters. The van der Waals surface area contributed by atoms with E-state index in [1.807, 2.05) is 41.3 Å². The highest BCUT2D eigenvalue weighted by Crippen LogP contribution is 2.48. The lowest BCUT2D eigenvalue weighted by atomic mass is 9.82. The lowest BCUT2D eigenvalue weighted by molar-refractivity contribution is -0.123. The molecule has 0 saturated heterocycles. The van der Waals surface area contributed by atoms with Gasteiger partial charge in [-0.15, -0.1) is 6.58 Å². The van der Waals surface area contributed by atoms with Crippen LogP contribution in [0.25, 0.3) is 10.9 Å². The van der Waals surface area contributed by atoms with Crippen molar-refractivity contribution in [1.29, 1.82) is 0 Å². The zero-order chi connectivity index (χ0) is 19.5. The number of amides is 1. The normalized spacial score (nSPS) is 20.5. The summed E-state index contributed by atoms with van der Waals surface area (Å²) in [5.41, 5.74) is 4.09. The topological polar surface area (TPSA) is 57.4 Å². The largest absolute Gasteiger partial charge is 0.497 e. The van der Waals surface area contributed by atoms with E-state index in [-0.39, 0.29) is 5.91 Å². The van der Waals surface area contributed by atoms with E-state index >= 15 is 0 Å². The van der Waals surface area contributed by atoms with Crippen molar-refractivity contribution in [2.75, 3.05) is 25.1 Å². The van der Waals surface area contributed by atoms with E-state index in [2.05, 4.69) is 32.8 Å². The lowest BCUT2D eigenvalue weighted by Gasteiger charge is -2.34. The van der Waals surface area contributed by atoms with Gasteiger partial charge in [0, 0.05) is 34.0 Å². The van der Waals surface area contributed by atoms with Crippen LogP contribution in [0.5, 0.6) is 5.75 Å². The summed E-state index contributed by atoms with van der Waals surface area (Å²) >= 11 is 3.58. The Morgan fingerprint density at radius 1 is 1.32 bits per heavy atom. The number of anilines is 1. The molecule has 0 saturated carbocycles. The van der Waals surface area contributed by atoms with E-state index in [0.29, 0.717) is 6.54 Å². The highest BCUT2D eigenvalue weighted by atomic mass is 79.9. The molecule has 1 atom stereocenters. The molecule has 0 radical (unpaired) electrons. The number of ether oxygens (including phenoxy) is 1. The predicted molar refractivity (Wildman–Crippen MR) is 114 cm³/mol. The van der Waals surface area contributed by atoms with E-state index in [9.17, 15) is 4.79 Å². The van der Waals surface area contributed by atoms with Crippen LogP contribution in [0.3, 0.4) is 0 Å². The first-order chi connectivity index (χ1) is 13.6. The number of hydrogen-bond donors (Lipinski definition) is 2. The molecule has 3 heterocycles. The highest BCUT2D eigenvalue weighted by Gasteiger charge is 2.55. The zero-order valence-corrected chi connectivity index (χ0v) is 17.1. The number of benzene rings is 2. The highest BCUT2D eigenvalue weighted by molar-refractivity contribution is 9.10. The molecular formula is C22H20BrN3O2. The number of nitrogens with one attached hydrogen (secondary N) is 2. The predicted octanol–water partition coefficient (Wildman–Crippen LogP) is 3.86. The number of hydrogen-bond acceptors (Lipinski definition) is 3. The minimum atomic E-state index is -0.915. The quantitative estimate of drug-likeness (QED) is 0.611. The third-order valence-electron chi connectivity index (χ3n) is 5.78. The number of H-pyrrole nitrogens is 1. The lowest BCUT2D eigenvalue weighted by Crippen LogP contribution is -2.55. The molecule has 1 aromatic heterocycles. The van der Waals surface area contributed by atoms with Crippen LogP contribution in [-0.2, 0) is 16.8 Å². The summed E-state index contributed by atoms with van der Waals surface area (Å²) in [5.74, 6) is 0.844. The summed E-state index contributed by atoms with van der Waals surface area (Å²) in [6.45, 7) is 5.03. The minimum absolute atomic E-state index is 0.0278. The molecule has 1 spiro atoms. The van der Waals surface area contributed by atoms with Crippen molar-refractivity contribution in [3.8, 4) is 5.75 Å². The molecule has 3 aromatic rings. The maximum atomic E-state index is 13.8.